The third-order valence-corrected chi connectivity index (χ3v) is 2.69. The van der Waals surface area contributed by atoms with E-state index in [4.69, 9.17) is 0 Å². The van der Waals surface area contributed by atoms with Gasteiger partial charge in [0.05, 0.1) is 0 Å². The Balaban J connectivity index is 1.93. The lowest BCUT2D eigenvalue weighted by Crippen LogP contribution is -2.30. The van der Waals surface area contributed by atoms with E-state index in [1.807, 2.05) is 30.3 Å². The zero-order valence-electron chi connectivity index (χ0n) is 9.73. The molecule has 0 spiro atoms. The molecule has 86 valence electrons. The van der Waals surface area contributed by atoms with Gasteiger partial charge in [-0.2, -0.15) is 0 Å². The minimum atomic E-state index is 0.203. The highest BCUT2D eigenvalue weighted by molar-refractivity contribution is 5.77. The summed E-state index contributed by atoms with van der Waals surface area (Å²) in [5.41, 5.74) is 0.988. The Kier molecular flexibility index (Phi) is 3.99. The quantitative estimate of drug-likeness (QED) is 0.673. The lowest BCUT2D eigenvalue weighted by atomic mass is 10.1. The number of hydrogen-bond acceptors (Lipinski definition) is 1. The van der Waals surface area contributed by atoms with E-state index in [2.05, 4.69) is 11.8 Å². The number of allylic oxidation sites excluding steroid dienone is 1. The number of nitrogens with zero attached hydrogens (tertiary/aromatic N) is 1. The monoisotopic (exact) mass is 225 g/mol. The molecule has 1 amide bonds. The van der Waals surface area contributed by atoms with Crippen LogP contribution in [0.25, 0.3) is 0 Å². The van der Waals surface area contributed by atoms with Crippen LogP contribution in [0.4, 0.5) is 0 Å². The Hall–Kier alpha value is -2.01. The van der Waals surface area contributed by atoms with Crippen LogP contribution in [0.1, 0.15) is 24.8 Å². The number of piperidine rings is 1. The molecule has 0 radical (unpaired) electrons. The maximum Gasteiger partial charge on any atom is 0.226 e. The van der Waals surface area contributed by atoms with E-state index in [0.29, 0.717) is 6.42 Å². The van der Waals surface area contributed by atoms with Gasteiger partial charge in [-0.1, -0.05) is 30.0 Å². The minimum absolute atomic E-state index is 0.203. The van der Waals surface area contributed by atoms with Gasteiger partial charge in [0.25, 0.3) is 0 Å². The summed E-state index contributed by atoms with van der Waals surface area (Å²) in [7, 11) is 0. The van der Waals surface area contributed by atoms with Crippen LogP contribution >= 0.6 is 0 Å². The Morgan fingerprint density at radius 2 is 2.00 bits per heavy atom. The van der Waals surface area contributed by atoms with Crippen LogP contribution in [0.5, 0.6) is 0 Å². The Morgan fingerprint density at radius 1 is 1.18 bits per heavy atom. The standard InChI is InChI=1S/C15H15NO/c17-15-11-5-7-13-16(15)12-6-4-10-14-8-2-1-3-9-14/h1-3,6,8-9,12H,5,7,11,13H2/b12-6+. The largest absolute Gasteiger partial charge is 0.318 e. The van der Waals surface area contributed by atoms with Crippen LogP contribution in [-0.2, 0) is 4.79 Å². The van der Waals surface area contributed by atoms with Crippen LogP contribution < -0.4 is 0 Å². The smallest absolute Gasteiger partial charge is 0.226 e. The second kappa shape index (κ2) is 5.91. The molecule has 1 fully saturated rings. The summed E-state index contributed by atoms with van der Waals surface area (Å²) in [6.45, 7) is 0.822. The maximum absolute atomic E-state index is 11.5. The summed E-state index contributed by atoms with van der Waals surface area (Å²) in [5.74, 6) is 6.17. The fraction of sp³-hybridized carbons (Fsp3) is 0.267. The molecule has 1 aromatic carbocycles. The highest BCUT2D eigenvalue weighted by Gasteiger charge is 2.14. The fourth-order valence-electron chi connectivity index (χ4n) is 1.76. The highest BCUT2D eigenvalue weighted by Crippen LogP contribution is 2.10. The summed E-state index contributed by atoms with van der Waals surface area (Å²) in [6, 6.07) is 9.82. The Bertz CT molecular complexity index is 465. The molecule has 2 rings (SSSR count). The van der Waals surface area contributed by atoms with Gasteiger partial charge in [0.2, 0.25) is 5.91 Å². The van der Waals surface area contributed by atoms with Crippen LogP contribution in [0.15, 0.2) is 42.6 Å². The number of carbonyl (C=O) groups excluding carboxylic acids is 1. The number of carbonyl (C=O) groups is 1. The zero-order valence-corrected chi connectivity index (χ0v) is 9.73. The highest BCUT2D eigenvalue weighted by atomic mass is 16.2. The van der Waals surface area contributed by atoms with Crippen molar-refractivity contribution in [1.82, 2.24) is 4.90 Å². The fourth-order valence-corrected chi connectivity index (χ4v) is 1.76. The van der Waals surface area contributed by atoms with Crippen LogP contribution in [0.2, 0.25) is 0 Å². The molecule has 0 bridgehead atoms. The molecule has 1 aromatic rings. The first-order valence-corrected chi connectivity index (χ1v) is 5.89. The van der Waals surface area contributed by atoms with Crippen molar-refractivity contribution in [1.29, 1.82) is 0 Å². The molecule has 0 atom stereocenters. The van der Waals surface area contributed by atoms with E-state index in [1.54, 1.807) is 17.2 Å². The van der Waals surface area contributed by atoms with E-state index in [0.717, 1.165) is 24.9 Å². The van der Waals surface area contributed by atoms with Gasteiger partial charge in [-0.25, -0.2) is 0 Å². The maximum atomic E-state index is 11.5. The minimum Gasteiger partial charge on any atom is -0.318 e. The summed E-state index contributed by atoms with van der Waals surface area (Å²) < 4.78 is 0. The van der Waals surface area contributed by atoms with Gasteiger partial charge in [0, 0.05) is 30.8 Å². The van der Waals surface area contributed by atoms with Crippen molar-refractivity contribution in [3.05, 3.63) is 48.2 Å². The van der Waals surface area contributed by atoms with Crippen molar-refractivity contribution in [3.63, 3.8) is 0 Å². The average molecular weight is 225 g/mol. The second-order valence-corrected chi connectivity index (χ2v) is 4.00. The molecule has 0 aromatic heterocycles. The molecule has 2 heteroatoms. The van der Waals surface area contributed by atoms with E-state index >= 15 is 0 Å². The van der Waals surface area contributed by atoms with Gasteiger partial charge in [0.1, 0.15) is 0 Å². The van der Waals surface area contributed by atoms with Crippen molar-refractivity contribution in [2.45, 2.75) is 19.3 Å². The third-order valence-electron chi connectivity index (χ3n) is 2.69. The van der Waals surface area contributed by atoms with Crippen molar-refractivity contribution in [2.24, 2.45) is 0 Å². The number of benzene rings is 1. The topological polar surface area (TPSA) is 20.3 Å². The molecule has 1 heterocycles. The van der Waals surface area contributed by atoms with Crippen molar-refractivity contribution in [2.75, 3.05) is 6.54 Å². The average Bonchev–Trinajstić information content (AvgIpc) is 2.38. The van der Waals surface area contributed by atoms with Crippen molar-refractivity contribution >= 4 is 5.91 Å². The van der Waals surface area contributed by atoms with Gasteiger partial charge in [-0.15, -0.1) is 0 Å². The Labute approximate surface area is 102 Å². The first-order valence-electron chi connectivity index (χ1n) is 5.89. The molecule has 0 unspecified atom stereocenters. The van der Waals surface area contributed by atoms with Gasteiger partial charge in [-0.05, 0) is 25.0 Å². The second-order valence-electron chi connectivity index (χ2n) is 4.00. The number of hydrogen-bond donors (Lipinski definition) is 0. The molecule has 0 saturated carbocycles. The number of likely N-dealkylation sites (tertiary alicyclic amines) is 1. The van der Waals surface area contributed by atoms with Crippen LogP contribution in [-0.4, -0.2) is 17.4 Å². The number of amides is 1. The molecule has 0 N–H and O–H groups in total. The summed E-state index contributed by atoms with van der Waals surface area (Å²) >= 11 is 0. The van der Waals surface area contributed by atoms with Crippen molar-refractivity contribution in [3.8, 4) is 11.8 Å². The normalized spacial score (nSPS) is 15.8. The molecule has 1 aliphatic heterocycles. The van der Waals surface area contributed by atoms with Gasteiger partial charge in [0.15, 0.2) is 0 Å². The molecule has 1 saturated heterocycles. The van der Waals surface area contributed by atoms with Crippen LogP contribution in [0, 0.1) is 11.8 Å². The summed E-state index contributed by atoms with van der Waals surface area (Å²) in [6.07, 6.45) is 6.30. The van der Waals surface area contributed by atoms with Crippen LogP contribution in [0.3, 0.4) is 0 Å². The predicted octanol–water partition coefficient (Wildman–Crippen LogP) is 2.56. The zero-order chi connectivity index (χ0) is 11.9. The lowest BCUT2D eigenvalue weighted by molar-refractivity contribution is -0.130. The molecule has 0 aliphatic carbocycles. The van der Waals surface area contributed by atoms with Gasteiger partial charge >= 0.3 is 0 Å². The van der Waals surface area contributed by atoms with Crippen molar-refractivity contribution < 1.29 is 4.79 Å². The van der Waals surface area contributed by atoms with Gasteiger partial charge < -0.3 is 4.90 Å². The lowest BCUT2D eigenvalue weighted by Gasteiger charge is -2.22. The van der Waals surface area contributed by atoms with E-state index < -0.39 is 0 Å². The van der Waals surface area contributed by atoms with E-state index in [9.17, 15) is 4.79 Å². The molecular weight excluding hydrogens is 210 g/mol. The summed E-state index contributed by atoms with van der Waals surface area (Å²) in [5, 5.41) is 0. The number of rotatable bonds is 1. The molecular formula is C15H15NO. The molecule has 2 nitrogen and oxygen atoms in total. The Morgan fingerprint density at radius 3 is 2.76 bits per heavy atom. The molecule has 17 heavy (non-hydrogen) atoms. The predicted molar refractivity (Wildman–Crippen MR) is 68.0 cm³/mol. The summed E-state index contributed by atoms with van der Waals surface area (Å²) in [4.78, 5) is 13.2. The SMILES string of the molecule is O=C1CCCCN1/C=C/C#Cc1ccccc1. The van der Waals surface area contributed by atoms with E-state index in [1.165, 1.54) is 0 Å². The first-order chi connectivity index (χ1) is 8.36. The first kappa shape index (κ1) is 11.5. The van der Waals surface area contributed by atoms with E-state index in [-0.39, 0.29) is 5.91 Å². The third kappa shape index (κ3) is 3.49. The van der Waals surface area contributed by atoms with Gasteiger partial charge in [-0.3, -0.25) is 4.79 Å². The molecule has 1 aliphatic rings.